The Morgan fingerprint density at radius 3 is 2.76 bits per heavy atom. The lowest BCUT2D eigenvalue weighted by atomic mass is 10.1. The van der Waals surface area contributed by atoms with Crippen molar-refractivity contribution >= 4 is 17.3 Å². The van der Waals surface area contributed by atoms with Crippen LogP contribution in [-0.4, -0.2) is 37.6 Å². The van der Waals surface area contributed by atoms with Crippen LogP contribution in [0.15, 0.2) is 18.2 Å². The van der Waals surface area contributed by atoms with Crippen LogP contribution in [0.3, 0.4) is 0 Å². The molecular formula is C14H21N3O4. The quantitative estimate of drug-likeness (QED) is 0.414. The van der Waals surface area contributed by atoms with Gasteiger partial charge in [0.05, 0.1) is 11.5 Å². The van der Waals surface area contributed by atoms with Gasteiger partial charge in [-0.15, -0.1) is 0 Å². The zero-order valence-corrected chi connectivity index (χ0v) is 12.3. The van der Waals surface area contributed by atoms with Crippen LogP contribution in [0, 0.1) is 10.1 Å². The fourth-order valence-corrected chi connectivity index (χ4v) is 1.72. The van der Waals surface area contributed by atoms with Crippen molar-refractivity contribution in [3.05, 3.63) is 33.9 Å². The molecule has 0 atom stereocenters. The number of rotatable bonds is 9. The number of amides is 1. The van der Waals surface area contributed by atoms with E-state index >= 15 is 0 Å². The highest BCUT2D eigenvalue weighted by molar-refractivity contribution is 5.95. The van der Waals surface area contributed by atoms with Crippen LogP contribution in [0.5, 0.6) is 0 Å². The third kappa shape index (κ3) is 5.39. The van der Waals surface area contributed by atoms with E-state index < -0.39 is 4.92 Å². The molecule has 2 N–H and O–H groups in total. The molecule has 7 heteroatoms. The number of nitrogens with zero attached hydrogens (tertiary/aromatic N) is 1. The summed E-state index contributed by atoms with van der Waals surface area (Å²) in [6.45, 7) is 3.64. The zero-order chi connectivity index (χ0) is 15.7. The van der Waals surface area contributed by atoms with Gasteiger partial charge < -0.3 is 15.4 Å². The van der Waals surface area contributed by atoms with Gasteiger partial charge in [0.25, 0.3) is 11.6 Å². The van der Waals surface area contributed by atoms with Crippen LogP contribution < -0.4 is 10.6 Å². The lowest BCUT2D eigenvalue weighted by Crippen LogP contribution is -2.27. The molecule has 0 bridgehead atoms. The summed E-state index contributed by atoms with van der Waals surface area (Å²) in [5.74, 6) is -0.277. The number of anilines is 1. The number of hydrogen-bond acceptors (Lipinski definition) is 5. The average Bonchev–Trinajstić information content (AvgIpc) is 2.49. The predicted octanol–water partition coefficient (Wildman–Crippen LogP) is 2.18. The van der Waals surface area contributed by atoms with Gasteiger partial charge in [-0.3, -0.25) is 14.9 Å². The summed E-state index contributed by atoms with van der Waals surface area (Å²) in [7, 11) is 1.57. The average molecular weight is 295 g/mol. The molecule has 1 aromatic rings. The third-order valence-corrected chi connectivity index (χ3v) is 2.90. The van der Waals surface area contributed by atoms with Crippen LogP contribution in [0.4, 0.5) is 11.4 Å². The van der Waals surface area contributed by atoms with Crippen molar-refractivity contribution < 1.29 is 14.5 Å². The molecule has 0 saturated carbocycles. The van der Waals surface area contributed by atoms with Crippen LogP contribution >= 0.6 is 0 Å². The number of carbonyl (C=O) groups is 1. The van der Waals surface area contributed by atoms with E-state index in [2.05, 4.69) is 17.6 Å². The van der Waals surface area contributed by atoms with Crippen molar-refractivity contribution in [2.24, 2.45) is 0 Å². The molecule has 21 heavy (non-hydrogen) atoms. The number of unbranched alkanes of at least 4 members (excludes halogenated alkanes) is 1. The first-order chi connectivity index (χ1) is 10.1. The summed E-state index contributed by atoms with van der Waals surface area (Å²) in [5, 5.41) is 16.2. The van der Waals surface area contributed by atoms with E-state index in [0.29, 0.717) is 31.0 Å². The minimum atomic E-state index is -0.491. The van der Waals surface area contributed by atoms with Gasteiger partial charge in [0.1, 0.15) is 5.69 Å². The number of carbonyl (C=O) groups excluding carboxylic acids is 1. The van der Waals surface area contributed by atoms with E-state index in [-0.39, 0.29) is 11.6 Å². The van der Waals surface area contributed by atoms with E-state index in [1.54, 1.807) is 7.05 Å². The van der Waals surface area contributed by atoms with Gasteiger partial charge in [-0.2, -0.15) is 0 Å². The lowest BCUT2D eigenvalue weighted by molar-refractivity contribution is -0.383. The number of nitrogens with one attached hydrogen (secondary N) is 2. The van der Waals surface area contributed by atoms with Crippen LogP contribution in [0.2, 0.25) is 0 Å². The van der Waals surface area contributed by atoms with Crippen LogP contribution in [-0.2, 0) is 4.74 Å². The summed E-state index contributed by atoms with van der Waals surface area (Å²) in [4.78, 5) is 22.2. The van der Waals surface area contributed by atoms with E-state index in [4.69, 9.17) is 4.74 Å². The van der Waals surface area contributed by atoms with Crippen molar-refractivity contribution in [2.45, 2.75) is 19.8 Å². The number of hydrogen-bond donors (Lipinski definition) is 2. The smallest absolute Gasteiger partial charge is 0.292 e. The highest BCUT2D eigenvalue weighted by Crippen LogP contribution is 2.24. The fraction of sp³-hybridized carbons (Fsp3) is 0.500. The predicted molar refractivity (Wildman–Crippen MR) is 80.7 cm³/mol. The van der Waals surface area contributed by atoms with Crippen LogP contribution in [0.25, 0.3) is 0 Å². The Kier molecular flexibility index (Phi) is 7.17. The molecule has 7 nitrogen and oxygen atoms in total. The number of ether oxygens (including phenoxy) is 1. The second-order valence-electron chi connectivity index (χ2n) is 4.46. The molecule has 1 amide bonds. The van der Waals surface area contributed by atoms with Crippen molar-refractivity contribution in [3.63, 3.8) is 0 Å². The molecule has 0 aliphatic rings. The van der Waals surface area contributed by atoms with Gasteiger partial charge in [-0.1, -0.05) is 13.3 Å². The summed E-state index contributed by atoms with van der Waals surface area (Å²) >= 11 is 0. The molecule has 0 radical (unpaired) electrons. The summed E-state index contributed by atoms with van der Waals surface area (Å²) in [5.41, 5.74) is 0.627. The molecule has 0 aromatic heterocycles. The Morgan fingerprint density at radius 2 is 2.14 bits per heavy atom. The Labute approximate surface area is 123 Å². The Morgan fingerprint density at radius 1 is 1.38 bits per heavy atom. The largest absolute Gasteiger partial charge is 0.383 e. The summed E-state index contributed by atoms with van der Waals surface area (Å²) in [6.07, 6.45) is 2.07. The van der Waals surface area contributed by atoms with Gasteiger partial charge in [-0.05, 0) is 18.6 Å². The Hall–Kier alpha value is -2.15. The maximum absolute atomic E-state index is 11.9. The summed E-state index contributed by atoms with van der Waals surface area (Å²) < 4.78 is 5.34. The molecule has 1 rings (SSSR count). The van der Waals surface area contributed by atoms with Gasteiger partial charge in [-0.25, -0.2) is 0 Å². The molecule has 0 saturated heterocycles. The highest BCUT2D eigenvalue weighted by atomic mass is 16.6. The first-order valence-electron chi connectivity index (χ1n) is 6.92. The van der Waals surface area contributed by atoms with E-state index in [0.717, 1.165) is 12.8 Å². The monoisotopic (exact) mass is 295 g/mol. The molecule has 0 heterocycles. The second-order valence-corrected chi connectivity index (χ2v) is 4.46. The fourth-order valence-electron chi connectivity index (χ4n) is 1.72. The van der Waals surface area contributed by atoms with Crippen LogP contribution in [0.1, 0.15) is 30.1 Å². The first kappa shape index (κ1) is 16.9. The number of nitro groups is 1. The van der Waals surface area contributed by atoms with Gasteiger partial charge in [0, 0.05) is 31.8 Å². The standard InChI is InChI=1S/C14H21N3O4/c1-3-4-8-21-9-7-16-14(18)11-5-6-13(17(19)20)12(10-11)15-2/h5-6,10,15H,3-4,7-9H2,1-2H3,(H,16,18). The molecule has 0 spiro atoms. The van der Waals surface area contributed by atoms with E-state index in [9.17, 15) is 14.9 Å². The molecule has 1 aromatic carbocycles. The number of nitro benzene ring substituents is 1. The molecule has 0 unspecified atom stereocenters. The summed E-state index contributed by atoms with van der Waals surface area (Å²) in [6, 6.07) is 4.22. The molecule has 116 valence electrons. The molecular weight excluding hydrogens is 274 g/mol. The minimum absolute atomic E-state index is 0.0584. The van der Waals surface area contributed by atoms with Crippen molar-refractivity contribution in [2.75, 3.05) is 32.1 Å². The maximum Gasteiger partial charge on any atom is 0.292 e. The van der Waals surface area contributed by atoms with Crippen molar-refractivity contribution in [3.8, 4) is 0 Å². The molecule has 0 aliphatic heterocycles. The molecule has 0 fully saturated rings. The zero-order valence-electron chi connectivity index (χ0n) is 12.3. The second kappa shape index (κ2) is 8.91. The van der Waals surface area contributed by atoms with E-state index in [1.807, 2.05) is 0 Å². The van der Waals surface area contributed by atoms with Crippen molar-refractivity contribution in [1.82, 2.24) is 5.32 Å². The Balaban J connectivity index is 2.53. The topological polar surface area (TPSA) is 93.5 Å². The normalized spacial score (nSPS) is 10.2. The van der Waals surface area contributed by atoms with Gasteiger partial charge in [0.15, 0.2) is 0 Å². The minimum Gasteiger partial charge on any atom is -0.383 e. The van der Waals surface area contributed by atoms with Crippen molar-refractivity contribution in [1.29, 1.82) is 0 Å². The van der Waals surface area contributed by atoms with Gasteiger partial charge >= 0.3 is 0 Å². The van der Waals surface area contributed by atoms with E-state index in [1.165, 1.54) is 18.2 Å². The highest BCUT2D eigenvalue weighted by Gasteiger charge is 2.15. The Bertz CT molecular complexity index is 491. The molecule has 0 aliphatic carbocycles. The number of benzene rings is 1. The maximum atomic E-state index is 11.9. The van der Waals surface area contributed by atoms with Gasteiger partial charge in [0.2, 0.25) is 0 Å². The lowest BCUT2D eigenvalue weighted by Gasteiger charge is -2.08. The first-order valence-corrected chi connectivity index (χ1v) is 6.92. The SMILES string of the molecule is CCCCOCCNC(=O)c1ccc([N+](=O)[O-])c(NC)c1. The third-order valence-electron chi connectivity index (χ3n) is 2.90.